The summed E-state index contributed by atoms with van der Waals surface area (Å²) in [5.74, 6) is -0.212. The average molecular weight is 823 g/mol. The number of aromatic hydroxyl groups is 1. The number of benzene rings is 2. The van der Waals surface area contributed by atoms with Gasteiger partial charge in [-0.2, -0.15) is 0 Å². The van der Waals surface area contributed by atoms with Crippen LogP contribution >= 0.6 is 31.9 Å². The quantitative estimate of drug-likeness (QED) is 0.122. The number of alkyl halides is 2. The second-order valence-electron chi connectivity index (χ2n) is 12.1. The maximum absolute atomic E-state index is 11.9. The average Bonchev–Trinajstić information content (AvgIpc) is 3.02. The van der Waals surface area contributed by atoms with Crippen molar-refractivity contribution in [3.05, 3.63) is 59.7 Å². The largest absolute Gasteiger partial charge is 0.508 e. The molecule has 49 heavy (non-hydrogen) atoms. The molecule has 0 fully saturated rings. The summed E-state index contributed by atoms with van der Waals surface area (Å²) in [6.07, 6.45) is -0.802. The maximum atomic E-state index is 11.9. The lowest BCUT2D eigenvalue weighted by atomic mass is 10.1. The molecule has 4 N–H and O–H groups in total. The number of alkyl carbamates (subject to hydrolysis) is 2. The van der Waals surface area contributed by atoms with Gasteiger partial charge in [-0.05, 0) is 76.9 Å². The molecule has 0 aromatic heterocycles. The zero-order chi connectivity index (χ0) is 37.6. The van der Waals surface area contributed by atoms with Crippen molar-refractivity contribution >= 4 is 56.0 Å². The van der Waals surface area contributed by atoms with Gasteiger partial charge in [-0.1, -0.05) is 56.1 Å². The third kappa shape index (κ3) is 22.7. The first-order valence-electron chi connectivity index (χ1n) is 15.2. The molecule has 15 heteroatoms. The standard InChI is InChI=1S/C17H24BrNO5.C15H21NO5.C2H5BrO/c1-17(2,3)24-16(21)19-14(15(20)22-4)11-12-5-7-13(8-6-12)23-10-9-18;1-15(2,3)21-14(19)16-12(13(18)20-4)9-10-5-7-11(17)8-6-10;3-1-2-4/h5-8,14H,9-11H2,1-4H3,(H,19,21);5-8,12,17H,9H2,1-4H3,(H,16,19);4H,1-2H2/t14-;12-;/m00./s1. The summed E-state index contributed by atoms with van der Waals surface area (Å²) in [5, 5.41) is 23.5. The van der Waals surface area contributed by atoms with Gasteiger partial charge in [-0.15, -0.1) is 0 Å². The molecule has 0 bridgehead atoms. The van der Waals surface area contributed by atoms with E-state index in [2.05, 4.69) is 47.2 Å². The molecule has 13 nitrogen and oxygen atoms in total. The van der Waals surface area contributed by atoms with E-state index in [0.717, 1.165) is 22.2 Å². The topological polar surface area (TPSA) is 179 Å². The fourth-order valence-electron chi connectivity index (χ4n) is 3.55. The highest BCUT2D eigenvalue weighted by molar-refractivity contribution is 9.09. The lowest BCUT2D eigenvalue weighted by molar-refractivity contribution is -0.143. The van der Waals surface area contributed by atoms with Crippen LogP contribution in [0, 0.1) is 0 Å². The molecule has 0 aliphatic rings. The molecule has 276 valence electrons. The Kier molecular flexibility index (Phi) is 22.0. The Labute approximate surface area is 305 Å². The number of methoxy groups -OCH3 is 2. The van der Waals surface area contributed by atoms with E-state index in [9.17, 15) is 24.3 Å². The van der Waals surface area contributed by atoms with Crippen LogP contribution in [0.4, 0.5) is 9.59 Å². The highest BCUT2D eigenvalue weighted by atomic mass is 79.9. The van der Waals surface area contributed by atoms with Crippen LogP contribution in [0.25, 0.3) is 0 Å². The molecule has 2 aromatic carbocycles. The Morgan fingerprint density at radius 1 is 0.694 bits per heavy atom. The molecule has 0 aliphatic carbocycles. The number of amides is 2. The molecule has 2 aromatic rings. The summed E-state index contributed by atoms with van der Waals surface area (Å²) < 4.78 is 25.2. The summed E-state index contributed by atoms with van der Waals surface area (Å²) in [6.45, 7) is 11.3. The van der Waals surface area contributed by atoms with Gasteiger partial charge in [0.15, 0.2) is 0 Å². The highest BCUT2D eigenvalue weighted by Gasteiger charge is 2.26. The second kappa shape index (κ2) is 23.7. The van der Waals surface area contributed by atoms with Crippen molar-refractivity contribution in [2.45, 2.75) is 77.7 Å². The SMILES string of the molecule is COC(=O)[C@H](Cc1ccc(O)cc1)NC(=O)OC(C)(C)C.COC(=O)[C@H](Cc1ccc(OCCBr)cc1)NC(=O)OC(C)(C)C.OCCBr. The van der Waals surface area contributed by atoms with Gasteiger partial charge in [0.05, 0.1) is 27.4 Å². The lowest BCUT2D eigenvalue weighted by Gasteiger charge is -2.22. The first-order chi connectivity index (χ1) is 22.9. The van der Waals surface area contributed by atoms with Gasteiger partial charge in [0.2, 0.25) is 0 Å². The van der Waals surface area contributed by atoms with Crippen molar-refractivity contribution in [3.63, 3.8) is 0 Å². The molecule has 0 saturated heterocycles. The summed E-state index contributed by atoms with van der Waals surface area (Å²) in [5.41, 5.74) is 0.356. The monoisotopic (exact) mass is 820 g/mol. The van der Waals surface area contributed by atoms with E-state index in [1.165, 1.54) is 26.4 Å². The van der Waals surface area contributed by atoms with Crippen LogP contribution in [-0.4, -0.2) is 95.7 Å². The number of carbonyl (C=O) groups excluding carboxylic acids is 4. The maximum Gasteiger partial charge on any atom is 0.408 e. The van der Waals surface area contributed by atoms with E-state index in [4.69, 9.17) is 24.1 Å². The molecule has 0 spiro atoms. The molecule has 0 aliphatic heterocycles. The number of phenolic OH excluding ortho intramolecular Hbond substituents is 1. The van der Waals surface area contributed by atoms with E-state index in [1.807, 2.05) is 24.3 Å². The summed E-state index contributed by atoms with van der Waals surface area (Å²) in [4.78, 5) is 47.3. The van der Waals surface area contributed by atoms with E-state index >= 15 is 0 Å². The zero-order valence-corrected chi connectivity index (χ0v) is 32.5. The van der Waals surface area contributed by atoms with Crippen LogP contribution in [0.1, 0.15) is 52.7 Å². The van der Waals surface area contributed by atoms with Gasteiger partial charge in [0.25, 0.3) is 0 Å². The number of carbonyl (C=O) groups is 4. The normalized spacial score (nSPS) is 11.9. The van der Waals surface area contributed by atoms with Crippen LogP contribution in [0.3, 0.4) is 0 Å². The number of nitrogens with one attached hydrogen (secondary N) is 2. The van der Waals surface area contributed by atoms with Gasteiger partial charge in [-0.3, -0.25) is 0 Å². The molecule has 0 radical (unpaired) electrons. The predicted octanol–water partition coefficient (Wildman–Crippen LogP) is 5.44. The number of rotatable bonds is 12. The Hall–Kier alpha value is -3.56. The second-order valence-corrected chi connectivity index (χ2v) is 13.7. The Balaban J connectivity index is 0.000000853. The minimum absolute atomic E-state index is 0.133. The van der Waals surface area contributed by atoms with Crippen LogP contribution in [-0.2, 0) is 41.4 Å². The zero-order valence-electron chi connectivity index (χ0n) is 29.3. The summed E-state index contributed by atoms with van der Waals surface area (Å²) in [6, 6.07) is 12.0. The minimum atomic E-state index is -0.852. The van der Waals surface area contributed by atoms with Crippen molar-refractivity contribution in [1.82, 2.24) is 10.6 Å². The van der Waals surface area contributed by atoms with Crippen LogP contribution < -0.4 is 15.4 Å². The predicted molar refractivity (Wildman–Crippen MR) is 192 cm³/mol. The van der Waals surface area contributed by atoms with Crippen LogP contribution in [0.5, 0.6) is 11.5 Å². The molecule has 0 saturated carbocycles. The molecule has 2 rings (SSSR count). The first kappa shape index (κ1) is 45.4. The molecule has 2 atom stereocenters. The third-order valence-electron chi connectivity index (χ3n) is 5.52. The van der Waals surface area contributed by atoms with Crippen LogP contribution in [0.2, 0.25) is 0 Å². The van der Waals surface area contributed by atoms with Crippen molar-refractivity contribution in [2.24, 2.45) is 0 Å². The Morgan fingerprint density at radius 2 is 1.06 bits per heavy atom. The molecular weight excluding hydrogens is 772 g/mol. The van der Waals surface area contributed by atoms with Crippen molar-refractivity contribution < 1.29 is 53.1 Å². The van der Waals surface area contributed by atoms with E-state index < -0.39 is 47.4 Å². The number of hydrogen-bond acceptors (Lipinski definition) is 11. The van der Waals surface area contributed by atoms with Gasteiger partial charge >= 0.3 is 24.1 Å². The van der Waals surface area contributed by atoms with E-state index in [1.54, 1.807) is 53.7 Å². The number of esters is 2. The van der Waals surface area contributed by atoms with Gasteiger partial charge in [-0.25, -0.2) is 19.2 Å². The smallest absolute Gasteiger partial charge is 0.408 e. The molecule has 2 amide bonds. The number of hydrogen-bond donors (Lipinski definition) is 4. The molecular formula is C34H50Br2N2O11. The van der Waals surface area contributed by atoms with Crippen molar-refractivity contribution in [2.75, 3.05) is 38.1 Å². The van der Waals surface area contributed by atoms with E-state index in [0.29, 0.717) is 18.4 Å². The third-order valence-corrected chi connectivity index (χ3v) is 6.20. The minimum Gasteiger partial charge on any atom is -0.508 e. The lowest BCUT2D eigenvalue weighted by Crippen LogP contribution is -2.45. The highest BCUT2D eigenvalue weighted by Crippen LogP contribution is 2.15. The van der Waals surface area contributed by atoms with Gasteiger partial charge < -0.3 is 44.5 Å². The first-order valence-corrected chi connectivity index (χ1v) is 17.5. The number of ether oxygens (including phenoxy) is 5. The number of halogens is 2. The van der Waals surface area contributed by atoms with Gasteiger partial charge in [0, 0.05) is 23.5 Å². The molecule has 0 unspecified atom stereocenters. The van der Waals surface area contributed by atoms with Crippen LogP contribution in [0.15, 0.2) is 48.5 Å². The fraction of sp³-hybridized carbons (Fsp3) is 0.529. The Morgan fingerprint density at radius 3 is 1.37 bits per heavy atom. The van der Waals surface area contributed by atoms with E-state index in [-0.39, 0.29) is 18.8 Å². The Bertz CT molecular complexity index is 1260. The number of aliphatic hydroxyl groups excluding tert-OH is 1. The summed E-state index contributed by atoms with van der Waals surface area (Å²) in [7, 11) is 2.53. The summed E-state index contributed by atoms with van der Waals surface area (Å²) >= 11 is 6.29. The van der Waals surface area contributed by atoms with Gasteiger partial charge in [0.1, 0.15) is 34.8 Å². The number of aliphatic hydroxyl groups is 1. The molecule has 0 heterocycles. The van der Waals surface area contributed by atoms with Crippen molar-refractivity contribution in [1.29, 1.82) is 0 Å². The van der Waals surface area contributed by atoms with Crippen molar-refractivity contribution in [3.8, 4) is 11.5 Å². The number of phenols is 1. The fourth-order valence-corrected chi connectivity index (χ4v) is 3.71.